The summed E-state index contributed by atoms with van der Waals surface area (Å²) in [4.78, 5) is 13.6. The molecule has 2 aliphatic heterocycles. The summed E-state index contributed by atoms with van der Waals surface area (Å²) in [6.07, 6.45) is 1.38. The van der Waals surface area contributed by atoms with E-state index in [1.54, 1.807) is 23.1 Å². The maximum absolute atomic E-state index is 12.9. The first-order chi connectivity index (χ1) is 10.8. The molecule has 1 amide bonds. The maximum Gasteiger partial charge on any atom is 0.243 e. The number of nitrogens with zero attached hydrogens (tertiary/aromatic N) is 2. The normalized spacial score (nSPS) is 25.4. The first kappa shape index (κ1) is 16.4. The largest absolute Gasteiger partial charge is 0.327 e. The zero-order chi connectivity index (χ0) is 16.8. The number of carbonyl (C=O) groups is 1. The molecule has 7 heteroatoms. The van der Waals surface area contributed by atoms with E-state index >= 15 is 0 Å². The summed E-state index contributed by atoms with van der Waals surface area (Å²) in [5, 5.41) is 0. The van der Waals surface area contributed by atoms with Crippen molar-refractivity contribution in [2.24, 2.45) is 11.7 Å². The number of rotatable bonds is 2. The number of anilines is 1. The Morgan fingerprint density at radius 2 is 2.04 bits per heavy atom. The number of fused-ring (bicyclic) bond motifs is 1. The Balaban J connectivity index is 1.89. The molecule has 2 heterocycles. The van der Waals surface area contributed by atoms with E-state index < -0.39 is 10.0 Å². The van der Waals surface area contributed by atoms with Gasteiger partial charge in [0.15, 0.2) is 0 Å². The number of benzene rings is 1. The Kier molecular flexibility index (Phi) is 4.20. The van der Waals surface area contributed by atoms with Crippen molar-refractivity contribution in [2.45, 2.75) is 37.6 Å². The zero-order valence-corrected chi connectivity index (χ0v) is 14.3. The van der Waals surface area contributed by atoms with Gasteiger partial charge < -0.3 is 10.6 Å². The molecule has 23 heavy (non-hydrogen) atoms. The van der Waals surface area contributed by atoms with Gasteiger partial charge in [0.2, 0.25) is 15.9 Å². The van der Waals surface area contributed by atoms with Crippen LogP contribution in [0.5, 0.6) is 0 Å². The molecule has 0 aromatic heterocycles. The lowest BCUT2D eigenvalue weighted by Crippen LogP contribution is -2.48. The highest BCUT2D eigenvalue weighted by Crippen LogP contribution is 2.32. The molecule has 2 atom stereocenters. The molecule has 2 aliphatic rings. The van der Waals surface area contributed by atoms with E-state index in [1.165, 1.54) is 11.2 Å². The van der Waals surface area contributed by atoms with Gasteiger partial charge >= 0.3 is 0 Å². The highest BCUT2D eigenvalue weighted by atomic mass is 32.2. The van der Waals surface area contributed by atoms with Crippen LogP contribution in [-0.2, 0) is 21.2 Å². The van der Waals surface area contributed by atoms with Gasteiger partial charge in [0.1, 0.15) is 0 Å². The van der Waals surface area contributed by atoms with E-state index in [-0.39, 0.29) is 17.9 Å². The van der Waals surface area contributed by atoms with Crippen LogP contribution in [0.2, 0.25) is 0 Å². The van der Waals surface area contributed by atoms with Gasteiger partial charge in [-0.15, -0.1) is 0 Å². The fourth-order valence-electron chi connectivity index (χ4n) is 3.36. The summed E-state index contributed by atoms with van der Waals surface area (Å²) in [5.74, 6) is 0.138. The zero-order valence-electron chi connectivity index (χ0n) is 13.5. The van der Waals surface area contributed by atoms with Crippen molar-refractivity contribution in [3.05, 3.63) is 23.8 Å². The van der Waals surface area contributed by atoms with Crippen molar-refractivity contribution in [2.75, 3.05) is 24.5 Å². The molecule has 0 radical (unpaired) electrons. The molecule has 0 saturated carbocycles. The number of hydrogen-bond donors (Lipinski definition) is 1. The average molecular weight is 337 g/mol. The molecule has 1 fully saturated rings. The molecule has 2 N–H and O–H groups in total. The highest BCUT2D eigenvalue weighted by Gasteiger charge is 2.33. The molecule has 126 valence electrons. The third-order valence-electron chi connectivity index (χ3n) is 4.90. The van der Waals surface area contributed by atoms with Gasteiger partial charge in [0, 0.05) is 38.3 Å². The van der Waals surface area contributed by atoms with Crippen LogP contribution in [0.1, 0.15) is 25.8 Å². The number of amides is 1. The minimum atomic E-state index is -3.50. The number of sulfonamides is 1. The monoisotopic (exact) mass is 337 g/mol. The van der Waals surface area contributed by atoms with Crippen LogP contribution in [0, 0.1) is 5.92 Å². The van der Waals surface area contributed by atoms with Crippen molar-refractivity contribution >= 4 is 21.6 Å². The summed E-state index contributed by atoms with van der Waals surface area (Å²) in [6, 6.07) is 5.13. The molecule has 6 nitrogen and oxygen atoms in total. The lowest BCUT2D eigenvalue weighted by molar-refractivity contribution is -0.116. The van der Waals surface area contributed by atoms with Crippen LogP contribution in [-0.4, -0.2) is 44.3 Å². The van der Waals surface area contributed by atoms with Gasteiger partial charge in [-0.1, -0.05) is 6.92 Å². The first-order valence-electron chi connectivity index (χ1n) is 7.97. The summed E-state index contributed by atoms with van der Waals surface area (Å²) in [7, 11) is -3.50. The molecular weight excluding hydrogens is 314 g/mol. The standard InChI is InChI=1S/C16H23N3O3S/c1-11-10-18(7-6-15(11)17)23(21,22)14-3-4-16-13(9-14)5-8-19(16)12(2)20/h3-4,9,11,15H,5-8,10,17H2,1-2H3. The Labute approximate surface area is 137 Å². The second kappa shape index (κ2) is 5.89. The van der Waals surface area contributed by atoms with Gasteiger partial charge in [0.25, 0.3) is 0 Å². The third kappa shape index (κ3) is 2.88. The lowest BCUT2D eigenvalue weighted by Gasteiger charge is -2.34. The molecule has 0 aliphatic carbocycles. The lowest BCUT2D eigenvalue weighted by atomic mass is 9.96. The fourth-order valence-corrected chi connectivity index (χ4v) is 4.97. The third-order valence-corrected chi connectivity index (χ3v) is 6.76. The maximum atomic E-state index is 12.9. The Hall–Kier alpha value is -1.44. The predicted molar refractivity (Wildman–Crippen MR) is 88.7 cm³/mol. The molecule has 1 aromatic carbocycles. The van der Waals surface area contributed by atoms with Crippen molar-refractivity contribution in [1.82, 2.24) is 4.31 Å². The summed E-state index contributed by atoms with van der Waals surface area (Å²) < 4.78 is 27.2. The van der Waals surface area contributed by atoms with Gasteiger partial charge in [-0.2, -0.15) is 4.31 Å². The van der Waals surface area contributed by atoms with Crippen molar-refractivity contribution in [3.63, 3.8) is 0 Å². The molecule has 1 aromatic rings. The van der Waals surface area contributed by atoms with Crippen molar-refractivity contribution in [1.29, 1.82) is 0 Å². The number of carbonyl (C=O) groups excluding carboxylic acids is 1. The molecular formula is C16H23N3O3S. The first-order valence-corrected chi connectivity index (χ1v) is 9.41. The van der Waals surface area contributed by atoms with Gasteiger partial charge in [-0.25, -0.2) is 8.42 Å². The van der Waals surface area contributed by atoms with Crippen LogP contribution < -0.4 is 10.6 Å². The molecule has 1 saturated heterocycles. The number of hydrogen-bond acceptors (Lipinski definition) is 4. The Morgan fingerprint density at radius 1 is 1.30 bits per heavy atom. The number of piperidine rings is 1. The second-order valence-electron chi connectivity index (χ2n) is 6.50. The van der Waals surface area contributed by atoms with E-state index in [1.807, 2.05) is 6.92 Å². The smallest absolute Gasteiger partial charge is 0.243 e. The van der Waals surface area contributed by atoms with E-state index in [0.717, 1.165) is 11.3 Å². The van der Waals surface area contributed by atoms with E-state index in [2.05, 4.69) is 0 Å². The number of nitrogens with two attached hydrogens (primary N) is 1. The minimum Gasteiger partial charge on any atom is -0.327 e. The molecule has 0 spiro atoms. The molecule has 0 bridgehead atoms. The Morgan fingerprint density at radius 3 is 2.70 bits per heavy atom. The molecule has 3 rings (SSSR count). The topological polar surface area (TPSA) is 83.7 Å². The van der Waals surface area contributed by atoms with Crippen molar-refractivity contribution < 1.29 is 13.2 Å². The van der Waals surface area contributed by atoms with Gasteiger partial charge in [0.05, 0.1) is 4.90 Å². The molecule has 2 unspecified atom stereocenters. The van der Waals surface area contributed by atoms with Crippen LogP contribution >= 0.6 is 0 Å². The summed E-state index contributed by atoms with van der Waals surface area (Å²) >= 11 is 0. The highest BCUT2D eigenvalue weighted by molar-refractivity contribution is 7.89. The van der Waals surface area contributed by atoms with Crippen LogP contribution in [0.25, 0.3) is 0 Å². The van der Waals surface area contributed by atoms with E-state index in [9.17, 15) is 13.2 Å². The average Bonchev–Trinajstić information content (AvgIpc) is 2.93. The predicted octanol–water partition coefficient (Wildman–Crippen LogP) is 0.953. The summed E-state index contributed by atoms with van der Waals surface area (Å²) in [5.41, 5.74) is 7.72. The van der Waals surface area contributed by atoms with Gasteiger partial charge in [-0.3, -0.25) is 4.79 Å². The minimum absolute atomic E-state index is 0.0156. The fraction of sp³-hybridized carbons (Fsp3) is 0.562. The van der Waals surface area contributed by atoms with Crippen LogP contribution in [0.3, 0.4) is 0 Å². The second-order valence-corrected chi connectivity index (χ2v) is 8.44. The van der Waals surface area contributed by atoms with Crippen LogP contribution in [0.15, 0.2) is 23.1 Å². The van der Waals surface area contributed by atoms with E-state index in [0.29, 0.717) is 37.4 Å². The quantitative estimate of drug-likeness (QED) is 0.871. The Bertz CT molecular complexity index is 732. The van der Waals surface area contributed by atoms with Crippen molar-refractivity contribution in [3.8, 4) is 0 Å². The SMILES string of the molecule is CC(=O)N1CCc2cc(S(=O)(=O)N3CCC(N)C(C)C3)ccc21. The van der Waals surface area contributed by atoms with Gasteiger partial charge in [-0.05, 0) is 42.5 Å². The summed E-state index contributed by atoms with van der Waals surface area (Å²) in [6.45, 7) is 5.05. The van der Waals surface area contributed by atoms with E-state index in [4.69, 9.17) is 5.73 Å². The van der Waals surface area contributed by atoms with Crippen LogP contribution in [0.4, 0.5) is 5.69 Å².